The minimum absolute atomic E-state index is 0.175. The average molecular weight is 223 g/mol. The average Bonchev–Trinajstić information content (AvgIpc) is 2.20. The minimum Gasteiger partial charge on any atom is -0.479 e. The molecule has 0 aliphatic heterocycles. The number of rotatable bonds is 5. The molecular weight excluding hydrogens is 212 g/mol. The van der Waals surface area contributed by atoms with Gasteiger partial charge in [0.15, 0.2) is 6.17 Å². The van der Waals surface area contributed by atoms with Crippen LogP contribution in [0, 0.1) is 0 Å². The lowest BCUT2D eigenvalue weighted by Crippen LogP contribution is -2.37. The van der Waals surface area contributed by atoms with E-state index in [-0.39, 0.29) is 6.42 Å². The number of nitrogens with two attached hydrogens (primary N) is 1. The lowest BCUT2D eigenvalue weighted by atomic mass is 10.1. The third-order valence-electron chi connectivity index (χ3n) is 1.89. The van der Waals surface area contributed by atoms with Gasteiger partial charge in [0.25, 0.3) is 0 Å². The van der Waals surface area contributed by atoms with E-state index in [2.05, 4.69) is 5.32 Å². The van der Waals surface area contributed by atoms with Gasteiger partial charge in [-0.2, -0.15) is 0 Å². The Morgan fingerprint density at radius 3 is 2.31 bits per heavy atom. The van der Waals surface area contributed by atoms with Gasteiger partial charge < -0.3 is 16.2 Å². The first-order chi connectivity index (χ1) is 7.49. The van der Waals surface area contributed by atoms with Crippen LogP contribution in [0.1, 0.15) is 5.56 Å². The van der Waals surface area contributed by atoms with Gasteiger partial charge in [0, 0.05) is 5.69 Å². The van der Waals surface area contributed by atoms with E-state index in [0.29, 0.717) is 11.3 Å². The van der Waals surface area contributed by atoms with E-state index >= 15 is 0 Å². The quantitative estimate of drug-likeness (QED) is 0.606. The zero-order valence-electron chi connectivity index (χ0n) is 8.34. The number of aliphatic carboxylic acids is 1. The number of hydrogen-bond donors (Lipinski definition) is 3. The van der Waals surface area contributed by atoms with Gasteiger partial charge in [0.05, 0.1) is 6.42 Å². The Kier molecular flexibility index (Phi) is 3.84. The zero-order valence-corrected chi connectivity index (χ0v) is 8.34. The second-order valence-electron chi connectivity index (χ2n) is 3.21. The van der Waals surface area contributed by atoms with Gasteiger partial charge in [0.1, 0.15) is 0 Å². The Labute approximate surface area is 91.7 Å². The summed E-state index contributed by atoms with van der Waals surface area (Å²) >= 11 is 0. The summed E-state index contributed by atoms with van der Waals surface area (Å²) in [6.07, 6.45) is -1.36. The summed E-state index contributed by atoms with van der Waals surface area (Å²) in [4.78, 5) is 20.7. The number of carboxylic acid groups (broad SMARTS) is 1. The van der Waals surface area contributed by atoms with E-state index in [1.165, 1.54) is 0 Å². The highest BCUT2D eigenvalue weighted by Crippen LogP contribution is 2.10. The summed E-state index contributed by atoms with van der Waals surface area (Å²) in [5, 5.41) is 21.4. The molecule has 1 aromatic carbocycles. The SMILES string of the molecule is NC(Nc1ccc(CC([O])=O)cc1)C(=O)O. The fraction of sp³-hybridized carbons (Fsp3) is 0.200. The van der Waals surface area contributed by atoms with Crippen molar-refractivity contribution < 1.29 is 19.8 Å². The van der Waals surface area contributed by atoms with Crippen LogP contribution >= 0.6 is 0 Å². The van der Waals surface area contributed by atoms with Crippen LogP contribution < -0.4 is 11.1 Å². The van der Waals surface area contributed by atoms with Gasteiger partial charge in [-0.15, -0.1) is 0 Å². The summed E-state index contributed by atoms with van der Waals surface area (Å²) in [6.45, 7) is 0. The largest absolute Gasteiger partial charge is 0.479 e. The number of hydrogen-bond acceptors (Lipinski definition) is 4. The fourth-order valence-corrected chi connectivity index (χ4v) is 1.13. The molecule has 6 heteroatoms. The van der Waals surface area contributed by atoms with Crippen molar-refractivity contribution in [3.8, 4) is 0 Å². The van der Waals surface area contributed by atoms with Crippen molar-refractivity contribution in [3.63, 3.8) is 0 Å². The molecule has 1 rings (SSSR count). The van der Waals surface area contributed by atoms with Crippen LogP contribution in [0.15, 0.2) is 24.3 Å². The van der Waals surface area contributed by atoms with E-state index in [0.717, 1.165) is 0 Å². The van der Waals surface area contributed by atoms with E-state index in [9.17, 15) is 14.7 Å². The smallest absolute Gasteiger partial charge is 0.359 e. The first-order valence-corrected chi connectivity index (χ1v) is 4.53. The van der Waals surface area contributed by atoms with Gasteiger partial charge in [-0.3, -0.25) is 0 Å². The van der Waals surface area contributed by atoms with Crippen molar-refractivity contribution in [1.29, 1.82) is 0 Å². The highest BCUT2D eigenvalue weighted by atomic mass is 16.4. The van der Waals surface area contributed by atoms with Gasteiger partial charge in [-0.25, -0.2) is 14.7 Å². The molecule has 16 heavy (non-hydrogen) atoms. The maximum absolute atomic E-state index is 10.4. The van der Waals surface area contributed by atoms with Crippen molar-refractivity contribution in [2.45, 2.75) is 12.6 Å². The molecule has 0 spiro atoms. The van der Waals surface area contributed by atoms with Crippen molar-refractivity contribution in [1.82, 2.24) is 0 Å². The molecule has 0 aliphatic carbocycles. The first kappa shape index (κ1) is 12.0. The van der Waals surface area contributed by atoms with Gasteiger partial charge >= 0.3 is 11.9 Å². The lowest BCUT2D eigenvalue weighted by Gasteiger charge is -2.10. The Morgan fingerprint density at radius 2 is 1.88 bits per heavy atom. The molecule has 0 amide bonds. The van der Waals surface area contributed by atoms with Crippen LogP contribution in [0.5, 0.6) is 0 Å². The molecule has 85 valence electrons. The predicted molar refractivity (Wildman–Crippen MR) is 55.1 cm³/mol. The van der Waals surface area contributed by atoms with Gasteiger partial charge in [-0.1, -0.05) is 12.1 Å². The molecule has 0 heterocycles. The van der Waals surface area contributed by atoms with Crippen molar-refractivity contribution in [3.05, 3.63) is 29.8 Å². The monoisotopic (exact) mass is 223 g/mol. The standard InChI is InChI=1S/C10H11N2O4/c11-9(10(15)16)12-7-3-1-6(2-4-7)5-8(13)14/h1-4,9,12H,5,11H2,(H,15,16). The third-order valence-corrected chi connectivity index (χ3v) is 1.89. The molecular formula is C10H11N2O4. The van der Waals surface area contributed by atoms with Crippen molar-refractivity contribution >= 4 is 17.6 Å². The third kappa shape index (κ3) is 3.58. The summed E-state index contributed by atoms with van der Waals surface area (Å²) < 4.78 is 0. The number of anilines is 1. The van der Waals surface area contributed by atoms with E-state index in [4.69, 9.17) is 10.8 Å². The Morgan fingerprint density at radius 1 is 1.31 bits per heavy atom. The summed E-state index contributed by atoms with van der Waals surface area (Å²) in [7, 11) is 0. The highest BCUT2D eigenvalue weighted by molar-refractivity contribution is 5.76. The molecule has 1 unspecified atom stereocenters. The van der Waals surface area contributed by atoms with E-state index < -0.39 is 18.1 Å². The number of nitrogens with one attached hydrogen (secondary N) is 1. The normalized spacial score (nSPS) is 11.8. The molecule has 0 saturated heterocycles. The molecule has 0 bridgehead atoms. The fourth-order valence-electron chi connectivity index (χ4n) is 1.13. The first-order valence-electron chi connectivity index (χ1n) is 4.53. The van der Waals surface area contributed by atoms with Crippen LogP contribution in [0.4, 0.5) is 5.69 Å². The maximum atomic E-state index is 10.4. The summed E-state index contributed by atoms with van der Waals surface area (Å²) in [5.41, 5.74) is 6.34. The maximum Gasteiger partial charge on any atom is 0.359 e. The van der Waals surface area contributed by atoms with Gasteiger partial charge in [0.2, 0.25) is 0 Å². The van der Waals surface area contributed by atoms with Crippen LogP contribution in [-0.2, 0) is 21.1 Å². The second-order valence-corrected chi connectivity index (χ2v) is 3.21. The zero-order chi connectivity index (χ0) is 12.1. The molecule has 0 aromatic heterocycles. The molecule has 4 N–H and O–H groups in total. The summed E-state index contributed by atoms with van der Waals surface area (Å²) in [6, 6.07) is 6.24. The topological polar surface area (TPSA) is 112 Å². The highest BCUT2D eigenvalue weighted by Gasteiger charge is 2.10. The van der Waals surface area contributed by atoms with Crippen LogP contribution in [0.3, 0.4) is 0 Å². The molecule has 0 aliphatic rings. The molecule has 0 fully saturated rings. The molecule has 6 nitrogen and oxygen atoms in total. The van der Waals surface area contributed by atoms with Crippen molar-refractivity contribution in [2.75, 3.05) is 5.32 Å². The number of carbonyl (C=O) groups is 2. The van der Waals surface area contributed by atoms with Crippen LogP contribution in [0.25, 0.3) is 0 Å². The van der Waals surface area contributed by atoms with Crippen molar-refractivity contribution in [2.24, 2.45) is 5.73 Å². The van der Waals surface area contributed by atoms with E-state index in [1.54, 1.807) is 24.3 Å². The Bertz CT molecular complexity index is 388. The van der Waals surface area contributed by atoms with Crippen LogP contribution in [0.2, 0.25) is 0 Å². The molecule has 1 atom stereocenters. The minimum atomic E-state index is -1.19. The summed E-state index contributed by atoms with van der Waals surface area (Å²) in [5.74, 6) is -2.33. The Hall–Kier alpha value is -2.08. The molecule has 0 saturated carbocycles. The molecule has 1 radical (unpaired) electrons. The van der Waals surface area contributed by atoms with Crippen LogP contribution in [-0.4, -0.2) is 23.2 Å². The predicted octanol–water partition coefficient (Wildman–Crippen LogP) is -0.0325. The van der Waals surface area contributed by atoms with E-state index in [1.807, 2.05) is 0 Å². The molecule has 1 aromatic rings. The number of benzene rings is 1. The number of carboxylic acids is 1. The second kappa shape index (κ2) is 5.13. The Balaban J connectivity index is 2.64. The van der Waals surface area contributed by atoms with Gasteiger partial charge in [-0.05, 0) is 17.7 Å². The lowest BCUT2D eigenvalue weighted by molar-refractivity contribution is -0.142. The number of carbonyl (C=O) groups excluding carboxylic acids is 1.